The Morgan fingerprint density at radius 3 is 2.87 bits per heavy atom. The number of hydrogen-bond acceptors (Lipinski definition) is 3. The molecule has 0 fully saturated rings. The van der Waals surface area contributed by atoms with Gasteiger partial charge in [-0.15, -0.1) is 0 Å². The molecule has 0 aromatic heterocycles. The third-order valence-electron chi connectivity index (χ3n) is 2.75. The van der Waals surface area contributed by atoms with Crippen molar-refractivity contribution in [1.29, 1.82) is 0 Å². The molecular weight excluding hydrogens is 212 g/mol. The highest BCUT2D eigenvalue weighted by Gasteiger charge is 2.26. The van der Waals surface area contributed by atoms with Crippen molar-refractivity contribution in [2.24, 2.45) is 0 Å². The molecule has 2 rings (SSSR count). The molecule has 0 amide bonds. The fraction of sp³-hybridized carbons (Fsp3) is 0.455. The Balaban J connectivity index is 2.67. The predicted molar refractivity (Wildman–Crippen MR) is 57.4 cm³/mol. The van der Waals surface area contributed by atoms with Crippen LogP contribution in [0.15, 0.2) is 23.1 Å². The summed E-state index contributed by atoms with van der Waals surface area (Å²) in [5.74, 6) is 0.139. The van der Waals surface area contributed by atoms with Crippen molar-refractivity contribution in [1.82, 2.24) is 0 Å². The van der Waals surface area contributed by atoms with Gasteiger partial charge in [0.15, 0.2) is 9.84 Å². The second-order valence-electron chi connectivity index (χ2n) is 4.02. The first-order valence-corrected chi connectivity index (χ1v) is 6.67. The maximum absolute atomic E-state index is 11.8. The number of rotatable bonds is 0. The van der Waals surface area contributed by atoms with Crippen LogP contribution in [0.4, 0.5) is 0 Å². The summed E-state index contributed by atoms with van der Waals surface area (Å²) in [4.78, 5) is 0.304. The zero-order chi connectivity index (χ0) is 11.1. The molecule has 0 bridgehead atoms. The summed E-state index contributed by atoms with van der Waals surface area (Å²) in [5.41, 5.74) is 1.54. The minimum atomic E-state index is -3.19. The van der Waals surface area contributed by atoms with Crippen LogP contribution < -0.4 is 0 Å². The van der Waals surface area contributed by atoms with E-state index in [1.54, 1.807) is 18.2 Å². The van der Waals surface area contributed by atoms with Gasteiger partial charge in [-0.2, -0.15) is 0 Å². The summed E-state index contributed by atoms with van der Waals surface area (Å²) in [6, 6.07) is 5.14. The van der Waals surface area contributed by atoms with Gasteiger partial charge in [0.2, 0.25) is 0 Å². The van der Waals surface area contributed by atoms with Crippen LogP contribution in [-0.2, 0) is 9.84 Å². The molecule has 1 aliphatic rings. The van der Waals surface area contributed by atoms with E-state index in [1.807, 2.05) is 6.92 Å². The minimum Gasteiger partial charge on any atom is -0.388 e. The number of aliphatic hydroxyl groups excluding tert-OH is 1. The van der Waals surface area contributed by atoms with E-state index in [1.165, 1.54) is 0 Å². The molecule has 4 heteroatoms. The lowest BCUT2D eigenvalue weighted by atomic mass is 10.0. The van der Waals surface area contributed by atoms with Crippen molar-refractivity contribution < 1.29 is 13.5 Å². The van der Waals surface area contributed by atoms with Crippen LogP contribution in [0.25, 0.3) is 0 Å². The van der Waals surface area contributed by atoms with Crippen LogP contribution in [0.5, 0.6) is 0 Å². The molecule has 0 spiro atoms. The monoisotopic (exact) mass is 226 g/mol. The lowest BCUT2D eigenvalue weighted by Crippen LogP contribution is -2.06. The van der Waals surface area contributed by atoms with Gasteiger partial charge in [-0.05, 0) is 31.4 Å². The van der Waals surface area contributed by atoms with E-state index >= 15 is 0 Å². The smallest absolute Gasteiger partial charge is 0.178 e. The summed E-state index contributed by atoms with van der Waals surface area (Å²) in [7, 11) is -3.19. The fourth-order valence-corrected chi connectivity index (χ4v) is 3.54. The molecule has 0 aliphatic carbocycles. The quantitative estimate of drug-likeness (QED) is 0.731. The number of sulfone groups is 1. The Bertz CT molecular complexity index is 477. The van der Waals surface area contributed by atoms with E-state index < -0.39 is 15.9 Å². The van der Waals surface area contributed by atoms with Crippen LogP contribution in [0, 0.1) is 6.92 Å². The van der Waals surface area contributed by atoms with Gasteiger partial charge in [-0.3, -0.25) is 0 Å². The first-order valence-electron chi connectivity index (χ1n) is 5.02. The Morgan fingerprint density at radius 1 is 1.40 bits per heavy atom. The molecule has 1 aliphatic heterocycles. The second-order valence-corrected chi connectivity index (χ2v) is 6.10. The molecule has 82 valence electrons. The van der Waals surface area contributed by atoms with Crippen LogP contribution in [0.1, 0.15) is 30.1 Å². The van der Waals surface area contributed by atoms with Crippen molar-refractivity contribution in [3.8, 4) is 0 Å². The van der Waals surface area contributed by atoms with Crippen LogP contribution in [-0.4, -0.2) is 19.3 Å². The average molecular weight is 226 g/mol. The Kier molecular flexibility index (Phi) is 2.56. The highest BCUT2D eigenvalue weighted by molar-refractivity contribution is 7.91. The average Bonchev–Trinajstić information content (AvgIpc) is 2.25. The van der Waals surface area contributed by atoms with Crippen LogP contribution in [0.2, 0.25) is 0 Å². The molecule has 1 atom stereocenters. The van der Waals surface area contributed by atoms with Gasteiger partial charge in [0.1, 0.15) is 0 Å². The molecule has 3 nitrogen and oxygen atoms in total. The van der Waals surface area contributed by atoms with E-state index in [4.69, 9.17) is 0 Å². The van der Waals surface area contributed by atoms with Gasteiger partial charge in [-0.25, -0.2) is 8.42 Å². The molecular formula is C11H14O3S. The van der Waals surface area contributed by atoms with Gasteiger partial charge < -0.3 is 5.11 Å². The molecule has 1 aromatic rings. The number of benzene rings is 1. The maximum Gasteiger partial charge on any atom is 0.178 e. The third kappa shape index (κ3) is 1.92. The third-order valence-corrected chi connectivity index (χ3v) is 4.62. The van der Waals surface area contributed by atoms with Crippen molar-refractivity contribution in [2.45, 2.75) is 30.8 Å². The summed E-state index contributed by atoms with van der Waals surface area (Å²) in [6.45, 7) is 1.89. The molecule has 0 saturated heterocycles. The van der Waals surface area contributed by atoms with E-state index in [-0.39, 0.29) is 5.75 Å². The summed E-state index contributed by atoms with van der Waals surface area (Å²) >= 11 is 0. The Labute approximate surface area is 89.7 Å². The van der Waals surface area contributed by atoms with Crippen molar-refractivity contribution in [2.75, 3.05) is 5.75 Å². The Morgan fingerprint density at radius 2 is 2.13 bits per heavy atom. The number of fused-ring (bicyclic) bond motifs is 1. The van der Waals surface area contributed by atoms with Gasteiger partial charge >= 0.3 is 0 Å². The number of aryl methyl sites for hydroxylation is 1. The van der Waals surface area contributed by atoms with E-state index in [2.05, 4.69) is 0 Å². The maximum atomic E-state index is 11.8. The summed E-state index contributed by atoms with van der Waals surface area (Å²) < 4.78 is 23.7. The van der Waals surface area contributed by atoms with E-state index in [0.29, 0.717) is 23.3 Å². The standard InChI is InChI=1S/C11H14O3S/c1-8-4-5-11-9(7-8)10(12)3-2-6-15(11,13)14/h4-5,7,10,12H,2-3,6H2,1H3/t10-/m0/s1. The van der Waals surface area contributed by atoms with Gasteiger partial charge in [0.25, 0.3) is 0 Å². The largest absolute Gasteiger partial charge is 0.388 e. The molecule has 1 N–H and O–H groups in total. The van der Waals surface area contributed by atoms with Crippen molar-refractivity contribution >= 4 is 9.84 Å². The number of aliphatic hydroxyl groups is 1. The van der Waals surface area contributed by atoms with Gasteiger partial charge in [0, 0.05) is 0 Å². The van der Waals surface area contributed by atoms with Crippen LogP contribution >= 0.6 is 0 Å². The normalized spacial score (nSPS) is 24.3. The zero-order valence-corrected chi connectivity index (χ0v) is 9.42. The highest BCUT2D eigenvalue weighted by atomic mass is 32.2. The fourth-order valence-electron chi connectivity index (χ4n) is 1.94. The molecule has 0 saturated carbocycles. The van der Waals surface area contributed by atoms with Crippen molar-refractivity contribution in [3.05, 3.63) is 29.3 Å². The number of hydrogen-bond donors (Lipinski definition) is 1. The second kappa shape index (κ2) is 3.61. The SMILES string of the molecule is Cc1ccc2c(c1)[C@@H](O)CCCS2(=O)=O. The molecule has 1 heterocycles. The molecule has 1 aromatic carbocycles. The Hall–Kier alpha value is -0.870. The van der Waals surface area contributed by atoms with Gasteiger partial charge in [0.05, 0.1) is 16.8 Å². The predicted octanol–water partition coefficient (Wildman–Crippen LogP) is 1.60. The lowest BCUT2D eigenvalue weighted by Gasteiger charge is -2.11. The summed E-state index contributed by atoms with van der Waals surface area (Å²) in [6.07, 6.45) is 0.407. The molecule has 0 radical (unpaired) electrons. The first kappa shape index (κ1) is 10.6. The van der Waals surface area contributed by atoms with E-state index in [9.17, 15) is 13.5 Å². The highest BCUT2D eigenvalue weighted by Crippen LogP contribution is 2.31. The zero-order valence-electron chi connectivity index (χ0n) is 8.60. The first-order chi connectivity index (χ1) is 7.00. The van der Waals surface area contributed by atoms with E-state index in [0.717, 1.165) is 5.56 Å². The topological polar surface area (TPSA) is 54.4 Å². The van der Waals surface area contributed by atoms with Gasteiger partial charge in [-0.1, -0.05) is 17.7 Å². The minimum absolute atomic E-state index is 0.139. The lowest BCUT2D eigenvalue weighted by molar-refractivity contribution is 0.165. The summed E-state index contributed by atoms with van der Waals surface area (Å²) in [5, 5.41) is 9.83. The van der Waals surface area contributed by atoms with Crippen molar-refractivity contribution in [3.63, 3.8) is 0 Å². The molecule has 15 heavy (non-hydrogen) atoms. The molecule has 0 unspecified atom stereocenters. The van der Waals surface area contributed by atoms with Crippen LogP contribution in [0.3, 0.4) is 0 Å².